The molecule has 1 aromatic heterocycles. The molecule has 1 heterocycles. The zero-order chi connectivity index (χ0) is 12.2. The topological polar surface area (TPSA) is 62.2 Å². The second kappa shape index (κ2) is 5.07. The summed E-state index contributed by atoms with van der Waals surface area (Å²) in [4.78, 5) is 16.0. The Morgan fingerprint density at radius 2 is 2.25 bits per heavy atom. The Labute approximate surface area is 95.7 Å². The molecule has 1 amide bonds. The molecular weight excluding hydrogens is 204 g/mol. The van der Waals surface area contributed by atoms with E-state index < -0.39 is 5.54 Å². The van der Waals surface area contributed by atoms with Crippen molar-refractivity contribution < 1.29 is 9.90 Å². The van der Waals surface area contributed by atoms with E-state index in [4.69, 9.17) is 0 Å². The van der Waals surface area contributed by atoms with Crippen LogP contribution in [0, 0.1) is 6.92 Å². The van der Waals surface area contributed by atoms with Crippen LogP contribution in [0.15, 0.2) is 18.2 Å². The molecule has 1 aromatic rings. The molecule has 0 spiro atoms. The van der Waals surface area contributed by atoms with E-state index in [9.17, 15) is 9.90 Å². The van der Waals surface area contributed by atoms with Gasteiger partial charge in [-0.05, 0) is 32.4 Å². The fraction of sp³-hybridized carbons (Fsp3) is 0.500. The number of carbonyl (C=O) groups excluding carboxylic acids is 1. The first-order valence-corrected chi connectivity index (χ1v) is 5.38. The molecule has 4 heteroatoms. The molecule has 1 atom stereocenters. The van der Waals surface area contributed by atoms with Gasteiger partial charge < -0.3 is 10.4 Å². The van der Waals surface area contributed by atoms with Crippen molar-refractivity contribution in [2.24, 2.45) is 0 Å². The molecule has 88 valence electrons. The van der Waals surface area contributed by atoms with E-state index in [-0.39, 0.29) is 12.5 Å². The Kier molecular flexibility index (Phi) is 4.01. The van der Waals surface area contributed by atoms with Gasteiger partial charge in [0.1, 0.15) is 5.69 Å². The summed E-state index contributed by atoms with van der Waals surface area (Å²) < 4.78 is 0. The standard InChI is InChI=1S/C12H18N2O2/c1-4-12(3,8-15)14-11(16)10-7-5-6-9(2)13-10/h5-7,15H,4,8H2,1-3H3,(H,14,16). The quantitative estimate of drug-likeness (QED) is 0.806. The Hall–Kier alpha value is -1.42. The first kappa shape index (κ1) is 12.6. The van der Waals surface area contributed by atoms with Gasteiger partial charge >= 0.3 is 0 Å². The number of rotatable bonds is 4. The summed E-state index contributed by atoms with van der Waals surface area (Å²) in [6.45, 7) is 5.48. The Morgan fingerprint density at radius 1 is 1.56 bits per heavy atom. The van der Waals surface area contributed by atoms with E-state index >= 15 is 0 Å². The third kappa shape index (κ3) is 3.03. The molecule has 0 saturated heterocycles. The number of nitrogens with zero attached hydrogens (tertiary/aromatic N) is 1. The number of pyridine rings is 1. The molecular formula is C12H18N2O2. The maximum absolute atomic E-state index is 11.8. The number of hydrogen-bond acceptors (Lipinski definition) is 3. The summed E-state index contributed by atoms with van der Waals surface area (Å²) >= 11 is 0. The highest BCUT2D eigenvalue weighted by Crippen LogP contribution is 2.09. The third-order valence-corrected chi connectivity index (χ3v) is 2.67. The maximum Gasteiger partial charge on any atom is 0.270 e. The maximum atomic E-state index is 11.8. The van der Waals surface area contributed by atoms with Crippen LogP contribution in [0.2, 0.25) is 0 Å². The van der Waals surface area contributed by atoms with Crippen LogP contribution in [0.1, 0.15) is 36.5 Å². The fourth-order valence-corrected chi connectivity index (χ4v) is 1.25. The Balaban J connectivity index is 2.80. The van der Waals surface area contributed by atoms with Gasteiger partial charge in [0.2, 0.25) is 0 Å². The van der Waals surface area contributed by atoms with Crippen LogP contribution in [0.4, 0.5) is 0 Å². The Morgan fingerprint density at radius 3 is 2.75 bits per heavy atom. The number of aliphatic hydroxyl groups excluding tert-OH is 1. The summed E-state index contributed by atoms with van der Waals surface area (Å²) in [5.74, 6) is -0.248. The van der Waals surface area contributed by atoms with E-state index in [1.54, 1.807) is 19.1 Å². The summed E-state index contributed by atoms with van der Waals surface area (Å²) in [5, 5.41) is 12.0. The molecule has 0 bridgehead atoms. The average Bonchev–Trinajstić information content (AvgIpc) is 2.29. The summed E-state index contributed by atoms with van der Waals surface area (Å²) in [5.41, 5.74) is 0.602. The summed E-state index contributed by atoms with van der Waals surface area (Å²) in [6, 6.07) is 5.29. The molecule has 0 fully saturated rings. The van der Waals surface area contributed by atoms with Crippen LogP contribution in [-0.2, 0) is 0 Å². The van der Waals surface area contributed by atoms with Gasteiger partial charge in [-0.15, -0.1) is 0 Å². The van der Waals surface area contributed by atoms with Crippen molar-refractivity contribution in [3.8, 4) is 0 Å². The normalized spacial score (nSPS) is 14.2. The minimum atomic E-state index is -0.581. The number of aryl methyl sites for hydroxylation is 1. The fourth-order valence-electron chi connectivity index (χ4n) is 1.25. The lowest BCUT2D eigenvalue weighted by Gasteiger charge is -2.26. The van der Waals surface area contributed by atoms with E-state index in [1.807, 2.05) is 19.9 Å². The molecule has 0 radical (unpaired) electrons. The molecule has 0 aromatic carbocycles. The number of hydrogen-bond donors (Lipinski definition) is 2. The molecule has 16 heavy (non-hydrogen) atoms. The molecule has 0 aliphatic carbocycles. The number of amides is 1. The van der Waals surface area contributed by atoms with Crippen LogP contribution in [0.3, 0.4) is 0 Å². The van der Waals surface area contributed by atoms with Gasteiger partial charge in [-0.2, -0.15) is 0 Å². The van der Waals surface area contributed by atoms with Gasteiger partial charge in [0.05, 0.1) is 12.1 Å². The SMILES string of the molecule is CCC(C)(CO)NC(=O)c1cccc(C)n1. The van der Waals surface area contributed by atoms with E-state index in [1.165, 1.54) is 0 Å². The lowest BCUT2D eigenvalue weighted by Crippen LogP contribution is -2.48. The van der Waals surface area contributed by atoms with Crippen LogP contribution >= 0.6 is 0 Å². The molecule has 4 nitrogen and oxygen atoms in total. The molecule has 2 N–H and O–H groups in total. The van der Waals surface area contributed by atoms with Gasteiger partial charge in [0.25, 0.3) is 5.91 Å². The monoisotopic (exact) mass is 222 g/mol. The van der Waals surface area contributed by atoms with E-state index in [0.29, 0.717) is 12.1 Å². The minimum absolute atomic E-state index is 0.0823. The molecule has 1 unspecified atom stereocenters. The predicted molar refractivity (Wildman–Crippen MR) is 62.2 cm³/mol. The Bertz CT molecular complexity index is 373. The van der Waals surface area contributed by atoms with Gasteiger partial charge in [-0.25, -0.2) is 4.98 Å². The highest BCUT2D eigenvalue weighted by Gasteiger charge is 2.24. The van der Waals surface area contributed by atoms with Gasteiger partial charge in [0.15, 0.2) is 0 Å². The van der Waals surface area contributed by atoms with E-state index in [0.717, 1.165) is 5.69 Å². The molecule has 0 aliphatic heterocycles. The largest absolute Gasteiger partial charge is 0.394 e. The lowest BCUT2D eigenvalue weighted by molar-refractivity contribution is 0.0842. The third-order valence-electron chi connectivity index (χ3n) is 2.67. The number of nitrogens with one attached hydrogen (secondary N) is 1. The second-order valence-electron chi connectivity index (χ2n) is 4.19. The van der Waals surface area contributed by atoms with Gasteiger partial charge in [-0.3, -0.25) is 4.79 Å². The van der Waals surface area contributed by atoms with Crippen molar-refractivity contribution in [1.29, 1.82) is 0 Å². The van der Waals surface area contributed by atoms with Crippen molar-refractivity contribution in [3.05, 3.63) is 29.6 Å². The summed E-state index contributed by atoms with van der Waals surface area (Å²) in [7, 11) is 0. The molecule has 1 rings (SSSR count). The lowest BCUT2D eigenvalue weighted by atomic mass is 10.00. The minimum Gasteiger partial charge on any atom is -0.394 e. The van der Waals surface area contributed by atoms with Crippen molar-refractivity contribution in [1.82, 2.24) is 10.3 Å². The highest BCUT2D eigenvalue weighted by molar-refractivity contribution is 5.92. The van der Waals surface area contributed by atoms with Crippen molar-refractivity contribution in [3.63, 3.8) is 0 Å². The first-order chi connectivity index (χ1) is 7.50. The van der Waals surface area contributed by atoms with Crippen LogP contribution < -0.4 is 5.32 Å². The second-order valence-corrected chi connectivity index (χ2v) is 4.19. The van der Waals surface area contributed by atoms with Crippen molar-refractivity contribution in [2.45, 2.75) is 32.7 Å². The number of aliphatic hydroxyl groups is 1. The first-order valence-electron chi connectivity index (χ1n) is 5.38. The van der Waals surface area contributed by atoms with Gasteiger partial charge in [0, 0.05) is 5.69 Å². The van der Waals surface area contributed by atoms with Crippen molar-refractivity contribution >= 4 is 5.91 Å². The zero-order valence-corrected chi connectivity index (χ0v) is 9.95. The van der Waals surface area contributed by atoms with Gasteiger partial charge in [-0.1, -0.05) is 13.0 Å². The number of carbonyl (C=O) groups is 1. The predicted octanol–water partition coefficient (Wildman–Crippen LogP) is 1.28. The molecule has 0 aliphatic rings. The summed E-state index contributed by atoms with van der Waals surface area (Å²) in [6.07, 6.45) is 0.668. The van der Waals surface area contributed by atoms with Crippen LogP contribution in [-0.4, -0.2) is 28.1 Å². The molecule has 0 saturated carbocycles. The zero-order valence-electron chi connectivity index (χ0n) is 9.95. The average molecular weight is 222 g/mol. The number of aromatic nitrogens is 1. The van der Waals surface area contributed by atoms with Crippen molar-refractivity contribution in [2.75, 3.05) is 6.61 Å². The smallest absolute Gasteiger partial charge is 0.270 e. The van der Waals surface area contributed by atoms with Crippen LogP contribution in [0.25, 0.3) is 0 Å². The van der Waals surface area contributed by atoms with E-state index in [2.05, 4.69) is 10.3 Å². The van der Waals surface area contributed by atoms with Crippen LogP contribution in [0.5, 0.6) is 0 Å². The highest BCUT2D eigenvalue weighted by atomic mass is 16.3.